The van der Waals surface area contributed by atoms with Gasteiger partial charge in [-0.2, -0.15) is 0 Å². The van der Waals surface area contributed by atoms with Gasteiger partial charge >= 0.3 is 5.97 Å². The lowest BCUT2D eigenvalue weighted by Gasteiger charge is -2.47. The maximum atomic E-state index is 12.9. The van der Waals surface area contributed by atoms with Gasteiger partial charge in [-0.1, -0.05) is 6.92 Å². The maximum Gasteiger partial charge on any atom is 0.353 e. The van der Waals surface area contributed by atoms with Crippen LogP contribution in [0.5, 0.6) is 0 Å². The van der Waals surface area contributed by atoms with Crippen molar-refractivity contribution < 1.29 is 24.3 Å². The Labute approximate surface area is 185 Å². The molecule has 0 aromatic carbocycles. The summed E-state index contributed by atoms with van der Waals surface area (Å²) in [5.74, 6) is -2.48. The Morgan fingerprint density at radius 3 is 2.52 bits per heavy atom. The van der Waals surface area contributed by atoms with Crippen LogP contribution in [0.4, 0.5) is 0 Å². The molecule has 0 bridgehead atoms. The van der Waals surface area contributed by atoms with Gasteiger partial charge in [0, 0.05) is 42.8 Å². The molecule has 172 valence electrons. The van der Waals surface area contributed by atoms with E-state index in [-0.39, 0.29) is 46.7 Å². The van der Waals surface area contributed by atoms with Gasteiger partial charge in [0.2, 0.25) is 17.7 Å². The molecular formula is C20H31N5O5S. The predicted molar refractivity (Wildman–Crippen MR) is 116 cm³/mol. The summed E-state index contributed by atoms with van der Waals surface area (Å²) in [4.78, 5) is 52.7. The number of likely N-dealkylation sites (N-methyl/N-ethyl adjacent to an activating group) is 1. The molecule has 5 N–H and O–H groups in total. The van der Waals surface area contributed by atoms with Gasteiger partial charge in [-0.05, 0) is 20.3 Å². The molecule has 31 heavy (non-hydrogen) atoms. The number of amides is 3. The maximum absolute atomic E-state index is 12.9. The van der Waals surface area contributed by atoms with E-state index in [0.717, 1.165) is 0 Å². The van der Waals surface area contributed by atoms with Gasteiger partial charge < -0.3 is 31.3 Å². The van der Waals surface area contributed by atoms with Crippen molar-refractivity contribution in [2.45, 2.75) is 56.6 Å². The molecular weight excluding hydrogens is 422 g/mol. The molecule has 0 aromatic rings. The third kappa shape index (κ3) is 4.18. The second-order valence-corrected chi connectivity index (χ2v) is 10.1. The zero-order chi connectivity index (χ0) is 23.2. The van der Waals surface area contributed by atoms with Crippen LogP contribution in [-0.2, 0) is 19.2 Å². The average molecular weight is 454 g/mol. The first-order chi connectivity index (χ1) is 14.5. The number of hydrogen-bond acceptors (Lipinski definition) is 7. The quantitative estimate of drug-likeness (QED) is 0.365. The van der Waals surface area contributed by atoms with Crippen LogP contribution in [0.25, 0.3) is 0 Å². The summed E-state index contributed by atoms with van der Waals surface area (Å²) < 4.78 is 0. The van der Waals surface area contributed by atoms with E-state index in [0.29, 0.717) is 17.9 Å². The first-order valence-corrected chi connectivity index (χ1v) is 11.3. The number of nitrogens with one attached hydrogen (secondary N) is 2. The Kier molecular flexibility index (Phi) is 6.68. The number of rotatable bonds is 7. The van der Waals surface area contributed by atoms with Crippen molar-refractivity contribution in [1.82, 2.24) is 20.4 Å². The molecule has 2 saturated heterocycles. The minimum absolute atomic E-state index is 0.00670. The largest absolute Gasteiger partial charge is 0.477 e. The van der Waals surface area contributed by atoms with E-state index in [1.54, 1.807) is 27.9 Å². The molecule has 2 fully saturated rings. The smallest absolute Gasteiger partial charge is 0.353 e. The fourth-order valence-electron chi connectivity index (χ4n) is 4.61. The fourth-order valence-corrected chi connectivity index (χ4v) is 6.09. The first kappa shape index (κ1) is 23.6. The summed E-state index contributed by atoms with van der Waals surface area (Å²) in [6.07, 6.45) is 0.591. The number of fused-ring (bicyclic) bond motifs is 1. The van der Waals surface area contributed by atoms with Crippen LogP contribution in [0.2, 0.25) is 0 Å². The summed E-state index contributed by atoms with van der Waals surface area (Å²) >= 11 is 1.44. The first-order valence-electron chi connectivity index (χ1n) is 10.4. The number of nitrogens with two attached hydrogens (primary N) is 1. The van der Waals surface area contributed by atoms with Crippen molar-refractivity contribution >= 4 is 35.5 Å². The molecule has 3 amide bonds. The SMILES string of the molecule is CC(N)C(=O)N[C@H](C)[C@H]1C(=O)N2C(C(=O)O)=C(S[C@@H]3CN[C@H](C(=O)N(C)C)C3)[C@H](C)[C@H]12. The number of thioether (sulfide) groups is 1. The number of carboxylic acid groups (broad SMARTS) is 1. The highest BCUT2D eigenvalue weighted by atomic mass is 32.2. The zero-order valence-corrected chi connectivity index (χ0v) is 19.2. The standard InChI is InChI=1S/C20H31N5O5S/c1-8-14-13(10(3)23-17(26)9(2)21)19(28)25(14)15(20(29)30)16(8)31-11-6-12(22-7-11)18(27)24(4)5/h8-14,22H,6-7,21H2,1-5H3,(H,23,26)(H,29,30)/t8-,9?,10-,11+,12+,13-,14-/m1/s1. The summed E-state index contributed by atoms with van der Waals surface area (Å²) in [6.45, 7) is 5.82. The van der Waals surface area contributed by atoms with Crippen LogP contribution in [0.15, 0.2) is 10.6 Å². The molecule has 0 radical (unpaired) electrons. The summed E-state index contributed by atoms with van der Waals surface area (Å²) in [5.41, 5.74) is 5.63. The molecule has 0 saturated carbocycles. The van der Waals surface area contributed by atoms with Crippen LogP contribution in [0.1, 0.15) is 27.2 Å². The number of nitrogens with zero attached hydrogens (tertiary/aromatic N) is 2. The van der Waals surface area contributed by atoms with E-state index in [2.05, 4.69) is 10.6 Å². The molecule has 1 unspecified atom stereocenters. The van der Waals surface area contributed by atoms with Gasteiger partial charge in [0.15, 0.2) is 0 Å². The number of carbonyl (C=O) groups is 4. The molecule has 3 heterocycles. The highest BCUT2D eigenvalue weighted by Crippen LogP contribution is 2.51. The van der Waals surface area contributed by atoms with Crippen molar-refractivity contribution in [3.05, 3.63) is 10.6 Å². The second kappa shape index (κ2) is 8.79. The van der Waals surface area contributed by atoms with E-state index in [1.165, 1.54) is 21.6 Å². The Morgan fingerprint density at radius 1 is 1.32 bits per heavy atom. The molecule has 11 heteroatoms. The van der Waals surface area contributed by atoms with Crippen LogP contribution in [0, 0.1) is 11.8 Å². The predicted octanol–water partition coefficient (Wildman–Crippen LogP) is -0.837. The molecule has 7 atom stereocenters. The minimum atomic E-state index is -1.14. The van der Waals surface area contributed by atoms with Gasteiger partial charge in [-0.25, -0.2) is 4.79 Å². The van der Waals surface area contributed by atoms with Crippen molar-refractivity contribution in [2.24, 2.45) is 17.6 Å². The average Bonchev–Trinajstić information content (AvgIpc) is 3.23. The molecule has 0 aromatic heterocycles. The lowest BCUT2D eigenvalue weighted by Crippen LogP contribution is -2.66. The lowest BCUT2D eigenvalue weighted by atomic mass is 9.78. The van der Waals surface area contributed by atoms with Crippen molar-refractivity contribution in [3.63, 3.8) is 0 Å². The van der Waals surface area contributed by atoms with Gasteiger partial charge in [0.25, 0.3) is 0 Å². The minimum Gasteiger partial charge on any atom is -0.477 e. The van der Waals surface area contributed by atoms with Gasteiger partial charge in [0.1, 0.15) is 5.70 Å². The highest BCUT2D eigenvalue weighted by Gasteiger charge is 2.60. The normalized spacial score (nSPS) is 31.7. The van der Waals surface area contributed by atoms with Gasteiger partial charge in [-0.15, -0.1) is 11.8 Å². The molecule has 3 aliphatic rings. The van der Waals surface area contributed by atoms with Crippen molar-refractivity contribution in [1.29, 1.82) is 0 Å². The van der Waals surface area contributed by atoms with E-state index >= 15 is 0 Å². The number of aliphatic carboxylic acids is 1. The van der Waals surface area contributed by atoms with E-state index in [4.69, 9.17) is 5.73 Å². The zero-order valence-electron chi connectivity index (χ0n) is 18.4. The fraction of sp³-hybridized carbons (Fsp3) is 0.700. The summed E-state index contributed by atoms with van der Waals surface area (Å²) in [6, 6.07) is -1.76. The lowest BCUT2D eigenvalue weighted by molar-refractivity contribution is -0.158. The number of hydrogen-bond donors (Lipinski definition) is 4. The summed E-state index contributed by atoms with van der Waals surface area (Å²) in [5, 5.41) is 15.8. The summed E-state index contributed by atoms with van der Waals surface area (Å²) in [7, 11) is 3.41. The number of carboxylic acids is 1. The van der Waals surface area contributed by atoms with Crippen LogP contribution < -0.4 is 16.4 Å². The Balaban J connectivity index is 1.75. The highest BCUT2D eigenvalue weighted by molar-refractivity contribution is 8.03. The van der Waals surface area contributed by atoms with Gasteiger partial charge in [0.05, 0.1) is 24.0 Å². The molecule has 3 rings (SSSR count). The van der Waals surface area contributed by atoms with Crippen LogP contribution in [0.3, 0.4) is 0 Å². The molecule has 0 spiro atoms. The van der Waals surface area contributed by atoms with Gasteiger partial charge in [-0.3, -0.25) is 14.4 Å². The van der Waals surface area contributed by atoms with E-state index in [1.807, 2.05) is 6.92 Å². The Hall–Kier alpha value is -2.11. The van der Waals surface area contributed by atoms with Crippen LogP contribution in [-0.4, -0.2) is 88.7 Å². The van der Waals surface area contributed by atoms with E-state index < -0.39 is 24.0 Å². The van der Waals surface area contributed by atoms with E-state index in [9.17, 15) is 24.3 Å². The molecule has 0 aliphatic carbocycles. The molecule has 10 nitrogen and oxygen atoms in total. The number of carbonyl (C=O) groups excluding carboxylic acids is 3. The third-order valence-electron chi connectivity index (χ3n) is 6.24. The second-order valence-electron chi connectivity index (χ2n) is 8.79. The third-order valence-corrected chi connectivity index (χ3v) is 7.75. The Morgan fingerprint density at radius 2 is 1.97 bits per heavy atom. The Bertz CT molecular complexity index is 829. The monoisotopic (exact) mass is 453 g/mol. The topological polar surface area (TPSA) is 145 Å². The number of β-lactam (4-membered cyclic amide) rings is 1. The van der Waals surface area contributed by atoms with Crippen molar-refractivity contribution in [2.75, 3.05) is 20.6 Å². The molecule has 3 aliphatic heterocycles. The van der Waals surface area contributed by atoms with Crippen molar-refractivity contribution in [3.8, 4) is 0 Å². The van der Waals surface area contributed by atoms with Crippen LogP contribution >= 0.6 is 11.8 Å².